The number of hydrogen-bond donors (Lipinski definition) is 2. The maximum Gasteiger partial charge on any atom is 0.337 e. The Hall–Kier alpha value is -2.63. The van der Waals surface area contributed by atoms with Crippen molar-refractivity contribution in [1.29, 1.82) is 0 Å². The fourth-order valence-electron chi connectivity index (χ4n) is 1.45. The van der Waals surface area contributed by atoms with Crippen LogP contribution in [0.25, 0.3) is 0 Å². The predicted molar refractivity (Wildman–Crippen MR) is 69.3 cm³/mol. The lowest BCUT2D eigenvalue weighted by molar-refractivity contribution is 0.0696. The van der Waals surface area contributed by atoms with Gasteiger partial charge in [-0.1, -0.05) is 0 Å². The first-order valence-corrected chi connectivity index (χ1v) is 5.61. The van der Waals surface area contributed by atoms with Crippen LogP contribution in [0.15, 0.2) is 36.7 Å². The number of anilines is 1. The van der Waals surface area contributed by atoms with Crippen LogP contribution in [0.1, 0.15) is 16.1 Å². The van der Waals surface area contributed by atoms with E-state index in [2.05, 4.69) is 15.3 Å². The molecule has 0 saturated carbocycles. The average molecular weight is 259 g/mol. The van der Waals surface area contributed by atoms with Crippen molar-refractivity contribution in [1.82, 2.24) is 9.97 Å². The zero-order valence-electron chi connectivity index (χ0n) is 10.3. The summed E-state index contributed by atoms with van der Waals surface area (Å²) in [5.41, 5.74) is 1.76. The molecular formula is C13H13N3O3. The summed E-state index contributed by atoms with van der Waals surface area (Å²) in [6, 6.07) is 6.80. The van der Waals surface area contributed by atoms with E-state index >= 15 is 0 Å². The number of methoxy groups -OCH3 is 1. The highest BCUT2D eigenvalue weighted by atomic mass is 16.5. The summed E-state index contributed by atoms with van der Waals surface area (Å²) in [7, 11) is 1.56. The minimum atomic E-state index is -0.980. The molecule has 6 heteroatoms. The number of aromatic carboxylic acids is 1. The molecule has 2 rings (SSSR count). The van der Waals surface area contributed by atoms with Gasteiger partial charge in [0.05, 0.1) is 36.8 Å². The van der Waals surface area contributed by atoms with Gasteiger partial charge in [-0.05, 0) is 18.2 Å². The summed E-state index contributed by atoms with van der Waals surface area (Å²) in [5.74, 6) is -0.430. The van der Waals surface area contributed by atoms with E-state index in [0.29, 0.717) is 12.4 Å². The van der Waals surface area contributed by atoms with Gasteiger partial charge in [0, 0.05) is 12.3 Å². The number of carbonyl (C=O) groups is 1. The second kappa shape index (κ2) is 5.81. The molecule has 0 aromatic carbocycles. The van der Waals surface area contributed by atoms with Gasteiger partial charge in [-0.25, -0.2) is 9.78 Å². The Balaban J connectivity index is 1.95. The molecular weight excluding hydrogens is 246 g/mol. The molecule has 0 aliphatic heterocycles. The Morgan fingerprint density at radius 1 is 1.26 bits per heavy atom. The van der Waals surface area contributed by atoms with E-state index in [4.69, 9.17) is 9.84 Å². The quantitative estimate of drug-likeness (QED) is 0.851. The predicted octanol–water partition coefficient (Wildman–Crippen LogP) is 1.80. The number of pyridine rings is 2. The minimum absolute atomic E-state index is 0.176. The van der Waals surface area contributed by atoms with E-state index in [1.807, 2.05) is 6.07 Å². The number of nitrogens with zero attached hydrogens (tertiary/aromatic N) is 2. The molecule has 0 radical (unpaired) electrons. The Kier molecular flexibility index (Phi) is 3.92. The third kappa shape index (κ3) is 3.41. The number of carboxylic acids is 1. The molecule has 6 nitrogen and oxygen atoms in total. The maximum atomic E-state index is 10.7. The van der Waals surface area contributed by atoms with Crippen LogP contribution in [-0.2, 0) is 6.54 Å². The van der Waals surface area contributed by atoms with Gasteiger partial charge in [0.15, 0.2) is 0 Å². The van der Waals surface area contributed by atoms with Gasteiger partial charge in [0.1, 0.15) is 0 Å². The highest BCUT2D eigenvalue weighted by Crippen LogP contribution is 2.11. The van der Waals surface area contributed by atoms with Crippen molar-refractivity contribution in [2.24, 2.45) is 0 Å². The van der Waals surface area contributed by atoms with Crippen LogP contribution >= 0.6 is 0 Å². The Labute approximate surface area is 110 Å². The zero-order valence-corrected chi connectivity index (χ0v) is 10.3. The lowest BCUT2D eigenvalue weighted by Gasteiger charge is -2.06. The van der Waals surface area contributed by atoms with Gasteiger partial charge >= 0.3 is 5.97 Å². The van der Waals surface area contributed by atoms with Crippen molar-refractivity contribution < 1.29 is 14.6 Å². The number of aromatic nitrogens is 2. The molecule has 2 N–H and O–H groups in total. The number of ether oxygens (including phenoxy) is 1. The van der Waals surface area contributed by atoms with E-state index < -0.39 is 5.97 Å². The van der Waals surface area contributed by atoms with Crippen molar-refractivity contribution in [2.75, 3.05) is 12.4 Å². The third-order valence-corrected chi connectivity index (χ3v) is 2.49. The molecule has 0 aliphatic rings. The van der Waals surface area contributed by atoms with E-state index in [9.17, 15) is 4.79 Å². The van der Waals surface area contributed by atoms with Crippen LogP contribution in [0.5, 0.6) is 5.88 Å². The summed E-state index contributed by atoms with van der Waals surface area (Å²) >= 11 is 0. The van der Waals surface area contributed by atoms with Gasteiger partial charge in [0.2, 0.25) is 5.88 Å². The van der Waals surface area contributed by atoms with Crippen LogP contribution < -0.4 is 10.1 Å². The van der Waals surface area contributed by atoms with Crippen LogP contribution in [0.4, 0.5) is 5.69 Å². The van der Waals surface area contributed by atoms with E-state index in [1.165, 1.54) is 12.3 Å². The van der Waals surface area contributed by atoms with Crippen LogP contribution in [-0.4, -0.2) is 28.2 Å². The lowest BCUT2D eigenvalue weighted by Crippen LogP contribution is -2.04. The molecule has 98 valence electrons. The number of carboxylic acid groups (broad SMARTS) is 1. The summed E-state index contributed by atoms with van der Waals surface area (Å²) < 4.78 is 4.96. The zero-order chi connectivity index (χ0) is 13.7. The largest absolute Gasteiger partial charge is 0.481 e. The molecule has 0 bridgehead atoms. The number of nitrogens with one attached hydrogen (secondary N) is 1. The molecule has 19 heavy (non-hydrogen) atoms. The highest BCUT2D eigenvalue weighted by Gasteiger charge is 2.03. The molecule has 0 aliphatic carbocycles. The summed E-state index contributed by atoms with van der Waals surface area (Å²) in [6.07, 6.45) is 3.00. The first-order valence-electron chi connectivity index (χ1n) is 5.61. The summed E-state index contributed by atoms with van der Waals surface area (Å²) in [5, 5.41) is 11.9. The molecule has 0 spiro atoms. The second-order valence-electron chi connectivity index (χ2n) is 3.79. The number of hydrogen-bond acceptors (Lipinski definition) is 5. The Bertz CT molecular complexity index is 552. The first-order chi connectivity index (χ1) is 9.19. The average Bonchev–Trinajstić information content (AvgIpc) is 2.46. The van der Waals surface area contributed by atoms with Crippen molar-refractivity contribution in [2.45, 2.75) is 6.54 Å². The summed E-state index contributed by atoms with van der Waals surface area (Å²) in [4.78, 5) is 18.8. The van der Waals surface area contributed by atoms with Crippen molar-refractivity contribution in [3.63, 3.8) is 0 Å². The smallest absolute Gasteiger partial charge is 0.337 e. The van der Waals surface area contributed by atoms with Crippen LogP contribution in [0.2, 0.25) is 0 Å². The standard InChI is InChI=1S/C13H13N3O3/c1-19-12-5-4-11(8-16-12)15-7-10-3-2-9(6-14-10)13(17)18/h2-6,8,15H,7H2,1H3,(H,17,18). The molecule has 0 saturated heterocycles. The maximum absolute atomic E-state index is 10.7. The van der Waals surface area contributed by atoms with Crippen molar-refractivity contribution in [3.8, 4) is 5.88 Å². The fraction of sp³-hybridized carbons (Fsp3) is 0.154. The normalized spacial score (nSPS) is 9.95. The monoisotopic (exact) mass is 259 g/mol. The van der Waals surface area contributed by atoms with E-state index in [0.717, 1.165) is 11.4 Å². The van der Waals surface area contributed by atoms with Crippen LogP contribution in [0.3, 0.4) is 0 Å². The Morgan fingerprint density at radius 3 is 2.63 bits per heavy atom. The molecule has 0 unspecified atom stereocenters. The molecule has 2 heterocycles. The fourth-order valence-corrected chi connectivity index (χ4v) is 1.45. The Morgan fingerprint density at radius 2 is 2.11 bits per heavy atom. The van der Waals surface area contributed by atoms with E-state index in [1.54, 1.807) is 25.4 Å². The van der Waals surface area contributed by atoms with E-state index in [-0.39, 0.29) is 5.56 Å². The highest BCUT2D eigenvalue weighted by molar-refractivity contribution is 5.87. The first kappa shape index (κ1) is 12.8. The molecule has 0 fully saturated rings. The molecule has 2 aromatic rings. The minimum Gasteiger partial charge on any atom is -0.481 e. The molecule has 2 aromatic heterocycles. The molecule has 0 atom stereocenters. The van der Waals surface area contributed by atoms with Gasteiger partial charge in [-0.15, -0.1) is 0 Å². The van der Waals surface area contributed by atoms with Gasteiger partial charge in [-0.2, -0.15) is 0 Å². The topological polar surface area (TPSA) is 84.3 Å². The molecule has 0 amide bonds. The van der Waals surface area contributed by atoms with Gasteiger partial charge in [0.25, 0.3) is 0 Å². The van der Waals surface area contributed by atoms with Crippen molar-refractivity contribution >= 4 is 11.7 Å². The number of rotatable bonds is 5. The second-order valence-corrected chi connectivity index (χ2v) is 3.79. The van der Waals surface area contributed by atoms with Gasteiger partial charge in [-0.3, -0.25) is 4.98 Å². The van der Waals surface area contributed by atoms with Crippen LogP contribution in [0, 0.1) is 0 Å². The third-order valence-electron chi connectivity index (χ3n) is 2.49. The van der Waals surface area contributed by atoms with Crippen molar-refractivity contribution in [3.05, 3.63) is 47.9 Å². The lowest BCUT2D eigenvalue weighted by atomic mass is 10.2. The SMILES string of the molecule is COc1ccc(NCc2ccc(C(=O)O)cn2)cn1. The van der Waals surface area contributed by atoms with Gasteiger partial charge < -0.3 is 15.2 Å². The summed E-state index contributed by atoms with van der Waals surface area (Å²) in [6.45, 7) is 0.494.